The average molecular weight is 303 g/mol. The number of thiazole rings is 1. The zero-order valence-electron chi connectivity index (χ0n) is 11.9. The Kier molecular flexibility index (Phi) is 4.20. The SMILES string of the molecule is CCOC(=O)Cc1csc(C2COc3ccccc3C2)n1. The summed E-state index contributed by atoms with van der Waals surface area (Å²) in [6.07, 6.45) is 1.18. The summed E-state index contributed by atoms with van der Waals surface area (Å²) in [5.41, 5.74) is 2.00. The molecule has 2 heterocycles. The minimum Gasteiger partial charge on any atom is -0.493 e. The van der Waals surface area contributed by atoms with Crippen molar-refractivity contribution in [1.29, 1.82) is 0 Å². The van der Waals surface area contributed by atoms with E-state index in [1.165, 1.54) is 5.56 Å². The quantitative estimate of drug-likeness (QED) is 0.815. The molecule has 4 nitrogen and oxygen atoms in total. The zero-order chi connectivity index (χ0) is 14.7. The highest BCUT2D eigenvalue weighted by Crippen LogP contribution is 2.33. The molecule has 0 spiro atoms. The Hall–Kier alpha value is -1.88. The molecule has 3 rings (SSSR count). The van der Waals surface area contributed by atoms with E-state index in [1.807, 2.05) is 23.6 Å². The molecule has 1 atom stereocenters. The van der Waals surface area contributed by atoms with Crippen molar-refractivity contribution in [2.24, 2.45) is 0 Å². The molecule has 1 aromatic carbocycles. The molecule has 110 valence electrons. The van der Waals surface area contributed by atoms with Crippen molar-refractivity contribution in [3.05, 3.63) is 45.9 Å². The lowest BCUT2D eigenvalue weighted by Gasteiger charge is -2.23. The Labute approximate surface area is 127 Å². The van der Waals surface area contributed by atoms with Gasteiger partial charge >= 0.3 is 5.97 Å². The van der Waals surface area contributed by atoms with Crippen LogP contribution in [-0.4, -0.2) is 24.2 Å². The van der Waals surface area contributed by atoms with Crippen molar-refractivity contribution in [2.45, 2.75) is 25.7 Å². The predicted molar refractivity (Wildman–Crippen MR) is 80.8 cm³/mol. The largest absolute Gasteiger partial charge is 0.493 e. The van der Waals surface area contributed by atoms with Crippen LogP contribution in [0.15, 0.2) is 29.6 Å². The molecule has 0 radical (unpaired) electrons. The number of hydrogen-bond acceptors (Lipinski definition) is 5. The van der Waals surface area contributed by atoms with Gasteiger partial charge in [0, 0.05) is 11.3 Å². The van der Waals surface area contributed by atoms with Crippen molar-refractivity contribution in [3.63, 3.8) is 0 Å². The Balaban J connectivity index is 1.69. The molecule has 21 heavy (non-hydrogen) atoms. The van der Waals surface area contributed by atoms with Crippen molar-refractivity contribution >= 4 is 17.3 Å². The molecule has 5 heteroatoms. The molecule has 0 saturated heterocycles. The number of rotatable bonds is 4. The average Bonchev–Trinajstić information content (AvgIpc) is 2.95. The van der Waals surface area contributed by atoms with Crippen LogP contribution in [-0.2, 0) is 22.4 Å². The maximum atomic E-state index is 11.5. The molecular weight excluding hydrogens is 286 g/mol. The van der Waals surface area contributed by atoms with E-state index in [-0.39, 0.29) is 18.3 Å². The second-order valence-corrected chi connectivity index (χ2v) is 5.87. The van der Waals surface area contributed by atoms with E-state index in [1.54, 1.807) is 18.3 Å². The van der Waals surface area contributed by atoms with Gasteiger partial charge in [-0.25, -0.2) is 4.98 Å². The fourth-order valence-electron chi connectivity index (χ4n) is 2.44. The van der Waals surface area contributed by atoms with Gasteiger partial charge in [-0.1, -0.05) is 18.2 Å². The first-order valence-corrected chi connectivity index (χ1v) is 7.95. The van der Waals surface area contributed by atoms with E-state index in [2.05, 4.69) is 11.1 Å². The third-order valence-electron chi connectivity index (χ3n) is 3.43. The Morgan fingerprint density at radius 3 is 3.19 bits per heavy atom. The van der Waals surface area contributed by atoms with Crippen LogP contribution in [0.2, 0.25) is 0 Å². The zero-order valence-corrected chi connectivity index (χ0v) is 12.7. The van der Waals surface area contributed by atoms with E-state index in [0.29, 0.717) is 13.2 Å². The third kappa shape index (κ3) is 3.24. The van der Waals surface area contributed by atoms with Crippen molar-refractivity contribution in [3.8, 4) is 5.75 Å². The molecule has 0 saturated carbocycles. The Morgan fingerprint density at radius 1 is 1.48 bits per heavy atom. The summed E-state index contributed by atoms with van der Waals surface area (Å²) in [6.45, 7) is 2.85. The van der Waals surface area contributed by atoms with E-state index < -0.39 is 0 Å². The maximum Gasteiger partial charge on any atom is 0.311 e. The van der Waals surface area contributed by atoms with Crippen LogP contribution in [0.3, 0.4) is 0 Å². The smallest absolute Gasteiger partial charge is 0.311 e. The molecule has 2 aromatic rings. The normalized spacial score (nSPS) is 16.9. The number of aromatic nitrogens is 1. The van der Waals surface area contributed by atoms with Crippen molar-refractivity contribution in [1.82, 2.24) is 4.98 Å². The highest BCUT2D eigenvalue weighted by Gasteiger charge is 2.23. The number of carbonyl (C=O) groups is 1. The lowest BCUT2D eigenvalue weighted by atomic mass is 9.97. The van der Waals surface area contributed by atoms with E-state index >= 15 is 0 Å². The Bertz CT molecular complexity index is 638. The van der Waals surface area contributed by atoms with E-state index in [4.69, 9.17) is 9.47 Å². The summed E-state index contributed by atoms with van der Waals surface area (Å²) >= 11 is 1.59. The number of ether oxygens (including phenoxy) is 2. The fraction of sp³-hybridized carbons (Fsp3) is 0.375. The lowest BCUT2D eigenvalue weighted by Crippen LogP contribution is -2.19. The molecule has 0 aliphatic carbocycles. The van der Waals surface area contributed by atoms with E-state index in [9.17, 15) is 4.79 Å². The highest BCUT2D eigenvalue weighted by molar-refractivity contribution is 7.09. The Morgan fingerprint density at radius 2 is 2.33 bits per heavy atom. The summed E-state index contributed by atoms with van der Waals surface area (Å²) in [6, 6.07) is 8.10. The van der Waals surface area contributed by atoms with Gasteiger partial charge in [0.1, 0.15) is 5.75 Å². The second-order valence-electron chi connectivity index (χ2n) is 4.98. The minimum atomic E-state index is -0.223. The van der Waals surface area contributed by atoms with Gasteiger partial charge in [0.2, 0.25) is 0 Å². The lowest BCUT2D eigenvalue weighted by molar-refractivity contribution is -0.142. The van der Waals surface area contributed by atoms with Crippen LogP contribution in [0.5, 0.6) is 5.75 Å². The maximum absolute atomic E-state index is 11.5. The van der Waals surface area contributed by atoms with Gasteiger partial charge in [-0.3, -0.25) is 4.79 Å². The first-order chi connectivity index (χ1) is 10.3. The van der Waals surface area contributed by atoms with Crippen molar-refractivity contribution in [2.75, 3.05) is 13.2 Å². The van der Waals surface area contributed by atoms with Gasteiger partial charge in [0.05, 0.1) is 30.3 Å². The van der Waals surface area contributed by atoms with Crippen LogP contribution in [0.25, 0.3) is 0 Å². The first-order valence-electron chi connectivity index (χ1n) is 7.07. The number of nitrogens with zero attached hydrogens (tertiary/aromatic N) is 1. The molecule has 0 bridgehead atoms. The third-order valence-corrected chi connectivity index (χ3v) is 4.48. The fourth-order valence-corrected chi connectivity index (χ4v) is 3.34. The number of hydrogen-bond donors (Lipinski definition) is 0. The van der Waals surface area contributed by atoms with Crippen LogP contribution in [0.4, 0.5) is 0 Å². The van der Waals surface area contributed by atoms with Crippen LogP contribution < -0.4 is 4.74 Å². The van der Waals surface area contributed by atoms with Crippen LogP contribution >= 0.6 is 11.3 Å². The molecule has 0 N–H and O–H groups in total. The van der Waals surface area contributed by atoms with E-state index in [0.717, 1.165) is 22.9 Å². The molecule has 1 aliphatic rings. The van der Waals surface area contributed by atoms with Gasteiger partial charge in [0.15, 0.2) is 0 Å². The second kappa shape index (κ2) is 6.26. The first kappa shape index (κ1) is 14.1. The predicted octanol–water partition coefficient (Wildman–Crippen LogP) is 2.97. The van der Waals surface area contributed by atoms with Gasteiger partial charge in [0.25, 0.3) is 0 Å². The summed E-state index contributed by atoms with van der Waals surface area (Å²) in [5, 5.41) is 2.97. The molecule has 1 aliphatic heterocycles. The molecule has 1 aromatic heterocycles. The minimum absolute atomic E-state index is 0.223. The standard InChI is InChI=1S/C16H17NO3S/c1-2-19-15(18)8-13-10-21-16(17-13)12-7-11-5-3-4-6-14(11)20-9-12/h3-6,10,12H,2,7-9H2,1H3. The number of esters is 1. The number of fused-ring (bicyclic) bond motifs is 1. The molecule has 0 amide bonds. The monoisotopic (exact) mass is 303 g/mol. The summed E-state index contributed by atoms with van der Waals surface area (Å²) < 4.78 is 10.7. The van der Waals surface area contributed by atoms with Gasteiger partial charge in [-0.15, -0.1) is 11.3 Å². The summed E-state index contributed by atoms with van der Waals surface area (Å²) in [7, 11) is 0. The van der Waals surface area contributed by atoms with Crippen LogP contribution in [0, 0.1) is 0 Å². The molecular formula is C16H17NO3S. The molecule has 1 unspecified atom stereocenters. The topological polar surface area (TPSA) is 48.4 Å². The summed E-state index contributed by atoms with van der Waals surface area (Å²) in [5.74, 6) is 1.01. The summed E-state index contributed by atoms with van der Waals surface area (Å²) in [4.78, 5) is 16.0. The number of benzene rings is 1. The highest BCUT2D eigenvalue weighted by atomic mass is 32.1. The van der Waals surface area contributed by atoms with Gasteiger partial charge in [-0.05, 0) is 25.0 Å². The number of carbonyl (C=O) groups excluding carboxylic acids is 1. The van der Waals surface area contributed by atoms with Crippen LogP contribution in [0.1, 0.15) is 29.1 Å². The molecule has 0 fully saturated rings. The van der Waals surface area contributed by atoms with Gasteiger partial charge < -0.3 is 9.47 Å². The van der Waals surface area contributed by atoms with Crippen molar-refractivity contribution < 1.29 is 14.3 Å². The van der Waals surface area contributed by atoms with Gasteiger partial charge in [-0.2, -0.15) is 0 Å². The number of para-hydroxylation sites is 1.